The van der Waals surface area contributed by atoms with Crippen LogP contribution < -0.4 is 0 Å². The molecular formula is C38H68O6Si2. The maximum absolute atomic E-state index is 13.9. The maximum atomic E-state index is 13.9. The summed E-state index contributed by atoms with van der Waals surface area (Å²) < 4.78 is 26.2. The number of cyclic esters (lactones) is 1. The van der Waals surface area contributed by atoms with Crippen LogP contribution in [0.5, 0.6) is 0 Å². The Kier molecular flexibility index (Phi) is 12.5. The second kappa shape index (κ2) is 14.7. The van der Waals surface area contributed by atoms with Gasteiger partial charge in [0.2, 0.25) is 0 Å². The van der Waals surface area contributed by atoms with E-state index >= 15 is 0 Å². The molecule has 0 aromatic carbocycles. The normalized spacial score (nSPS) is 30.6. The van der Waals surface area contributed by atoms with Gasteiger partial charge in [-0.05, 0) is 86.3 Å². The Labute approximate surface area is 284 Å². The quantitative estimate of drug-likeness (QED) is 0.151. The zero-order valence-electron chi connectivity index (χ0n) is 31.9. The summed E-state index contributed by atoms with van der Waals surface area (Å²) in [6, 6.07) is 0. The zero-order chi connectivity index (χ0) is 34.9. The van der Waals surface area contributed by atoms with Gasteiger partial charge < -0.3 is 18.3 Å². The SMILES string of the molecule is CCCC(C)(CC)C(=O)O[C@H]1C[C@H](O[Si](C)(C)C(C)(C)C)C=C2C=C[C@H](C)[C@H](CC[C@@H]3C[C@@H](O[Si](C)(C)C(C)(C)C)CC(=O)O3)[C@H]21. The molecule has 0 saturated carbocycles. The van der Waals surface area contributed by atoms with Crippen molar-refractivity contribution in [1.29, 1.82) is 0 Å². The monoisotopic (exact) mass is 676 g/mol. The predicted molar refractivity (Wildman–Crippen MR) is 194 cm³/mol. The molecular weight excluding hydrogens is 609 g/mol. The summed E-state index contributed by atoms with van der Waals surface area (Å²) in [7, 11) is -4.06. The molecule has 46 heavy (non-hydrogen) atoms. The Bertz CT molecular complexity index is 1130. The minimum atomic E-state index is -2.05. The van der Waals surface area contributed by atoms with Crippen molar-refractivity contribution in [3.8, 4) is 0 Å². The van der Waals surface area contributed by atoms with Gasteiger partial charge in [0, 0.05) is 18.8 Å². The topological polar surface area (TPSA) is 71.1 Å². The smallest absolute Gasteiger partial charge is 0.312 e. The summed E-state index contributed by atoms with van der Waals surface area (Å²) in [5, 5.41) is 0.167. The molecule has 8 heteroatoms. The number of esters is 2. The van der Waals surface area contributed by atoms with Crippen LogP contribution >= 0.6 is 0 Å². The van der Waals surface area contributed by atoms with Crippen LogP contribution in [0.2, 0.25) is 36.3 Å². The van der Waals surface area contributed by atoms with Crippen LogP contribution in [0, 0.1) is 23.2 Å². The highest BCUT2D eigenvalue weighted by molar-refractivity contribution is 6.74. The Morgan fingerprint density at radius 2 is 1.54 bits per heavy atom. The fraction of sp³-hybridized carbons (Fsp3) is 0.842. The number of fused-ring (bicyclic) bond motifs is 1. The Hall–Kier alpha value is -1.23. The van der Waals surface area contributed by atoms with Gasteiger partial charge in [-0.15, -0.1) is 0 Å². The molecule has 0 bridgehead atoms. The van der Waals surface area contributed by atoms with Crippen LogP contribution in [0.4, 0.5) is 0 Å². The van der Waals surface area contributed by atoms with E-state index in [0.717, 1.165) is 38.5 Å². The Morgan fingerprint density at radius 3 is 2.11 bits per heavy atom. The molecule has 0 aromatic rings. The molecule has 0 radical (unpaired) electrons. The van der Waals surface area contributed by atoms with E-state index in [1.54, 1.807) is 0 Å². The van der Waals surface area contributed by atoms with Gasteiger partial charge in [-0.2, -0.15) is 0 Å². The first kappa shape index (κ1) is 39.2. The van der Waals surface area contributed by atoms with Gasteiger partial charge in [0.15, 0.2) is 16.6 Å². The number of allylic oxidation sites excluding steroid dienone is 2. The highest BCUT2D eigenvalue weighted by Crippen LogP contribution is 2.47. The Morgan fingerprint density at radius 1 is 0.935 bits per heavy atom. The fourth-order valence-electron chi connectivity index (χ4n) is 6.95. The summed E-state index contributed by atoms with van der Waals surface area (Å²) in [6.07, 6.45) is 12.2. The van der Waals surface area contributed by atoms with Crippen molar-refractivity contribution >= 4 is 28.6 Å². The average molecular weight is 677 g/mol. The molecule has 3 rings (SSSR count). The largest absolute Gasteiger partial charge is 0.462 e. The standard InChI is InChI=1S/C38H68O6Si2/c1-15-21-38(10,16-2)35(40)42-32-24-29(43-45(11,12)36(4,5)6)22-27-18-17-26(3)31(34(27)32)20-19-28-23-30(25-33(39)41-28)44-46(13,14)37(7,8)9/h17-18,22,26,28-32,34H,15-16,19-21,23-25H2,1-14H3/t26-,28+,29+,30+,31-,32-,34-,38?/m0/s1. The van der Waals surface area contributed by atoms with Crippen LogP contribution in [-0.2, 0) is 27.9 Å². The summed E-state index contributed by atoms with van der Waals surface area (Å²) in [4.78, 5) is 26.6. The summed E-state index contributed by atoms with van der Waals surface area (Å²) in [5.41, 5.74) is 0.733. The van der Waals surface area contributed by atoms with Crippen molar-refractivity contribution in [2.75, 3.05) is 0 Å². The van der Waals surface area contributed by atoms with Crippen molar-refractivity contribution in [3.63, 3.8) is 0 Å². The zero-order valence-corrected chi connectivity index (χ0v) is 33.9. The van der Waals surface area contributed by atoms with Crippen molar-refractivity contribution in [2.45, 2.75) is 181 Å². The minimum Gasteiger partial charge on any atom is -0.462 e. The van der Waals surface area contributed by atoms with Crippen LogP contribution in [0.3, 0.4) is 0 Å². The van der Waals surface area contributed by atoms with Gasteiger partial charge in [-0.25, -0.2) is 0 Å². The molecule has 1 heterocycles. The number of carbonyl (C=O) groups is 2. The molecule has 1 aliphatic heterocycles. The predicted octanol–water partition coefficient (Wildman–Crippen LogP) is 10.1. The van der Waals surface area contributed by atoms with Crippen molar-refractivity contribution in [2.24, 2.45) is 23.2 Å². The first-order valence-electron chi connectivity index (χ1n) is 18.2. The summed E-state index contributed by atoms with van der Waals surface area (Å²) in [6.45, 7) is 31.2. The third kappa shape index (κ3) is 9.26. The first-order chi connectivity index (χ1) is 21.0. The van der Waals surface area contributed by atoms with Crippen LogP contribution in [-0.4, -0.2) is 53.0 Å². The van der Waals surface area contributed by atoms with Crippen molar-refractivity contribution in [1.82, 2.24) is 0 Å². The highest BCUT2D eigenvalue weighted by atomic mass is 28.4. The maximum Gasteiger partial charge on any atom is 0.312 e. The lowest BCUT2D eigenvalue weighted by molar-refractivity contribution is -0.167. The van der Waals surface area contributed by atoms with Gasteiger partial charge in [0.05, 0.1) is 24.0 Å². The lowest BCUT2D eigenvalue weighted by atomic mass is 9.66. The summed E-state index contributed by atoms with van der Waals surface area (Å²) in [5.74, 6) is 0.434. The van der Waals surface area contributed by atoms with E-state index < -0.39 is 22.0 Å². The lowest BCUT2D eigenvalue weighted by Gasteiger charge is -2.46. The third-order valence-corrected chi connectivity index (χ3v) is 21.3. The molecule has 1 saturated heterocycles. The number of ether oxygens (including phenoxy) is 2. The highest BCUT2D eigenvalue weighted by Gasteiger charge is 2.47. The Balaban J connectivity index is 1.87. The molecule has 0 N–H and O–H groups in total. The van der Waals surface area contributed by atoms with Crippen LogP contribution in [0.15, 0.2) is 23.8 Å². The van der Waals surface area contributed by atoms with Crippen LogP contribution in [0.1, 0.15) is 121 Å². The molecule has 3 aliphatic rings. The molecule has 1 unspecified atom stereocenters. The molecule has 2 aliphatic carbocycles. The van der Waals surface area contributed by atoms with Gasteiger partial charge in [0.25, 0.3) is 0 Å². The van der Waals surface area contributed by atoms with E-state index in [0.29, 0.717) is 18.8 Å². The van der Waals surface area contributed by atoms with E-state index in [4.69, 9.17) is 18.3 Å². The second-order valence-corrected chi connectivity index (χ2v) is 27.5. The number of hydrogen-bond donors (Lipinski definition) is 0. The minimum absolute atomic E-state index is 0.0815. The molecule has 0 aromatic heterocycles. The summed E-state index contributed by atoms with van der Waals surface area (Å²) >= 11 is 0. The van der Waals surface area contributed by atoms with E-state index in [2.05, 4.69) is 114 Å². The van der Waals surface area contributed by atoms with Gasteiger partial charge in [-0.1, -0.05) is 87.0 Å². The molecule has 264 valence electrons. The number of hydrogen-bond acceptors (Lipinski definition) is 6. The van der Waals surface area contributed by atoms with E-state index in [9.17, 15) is 9.59 Å². The molecule has 8 atom stereocenters. The number of rotatable bonds is 12. The van der Waals surface area contributed by atoms with Gasteiger partial charge >= 0.3 is 11.9 Å². The van der Waals surface area contributed by atoms with E-state index in [1.807, 2.05) is 0 Å². The van der Waals surface area contributed by atoms with Gasteiger partial charge in [0.1, 0.15) is 12.2 Å². The number of carbonyl (C=O) groups excluding carboxylic acids is 2. The molecule has 0 amide bonds. The molecule has 0 spiro atoms. The molecule has 1 fully saturated rings. The lowest BCUT2D eigenvalue weighted by Crippen LogP contribution is -2.49. The van der Waals surface area contributed by atoms with E-state index in [1.165, 1.54) is 5.57 Å². The fourth-order valence-corrected chi connectivity index (χ4v) is 9.59. The van der Waals surface area contributed by atoms with Crippen LogP contribution in [0.25, 0.3) is 0 Å². The third-order valence-electron chi connectivity index (χ3n) is 12.3. The second-order valence-electron chi connectivity index (χ2n) is 18.0. The average Bonchev–Trinajstić information content (AvgIpc) is 2.90. The van der Waals surface area contributed by atoms with E-state index in [-0.39, 0.29) is 58.3 Å². The van der Waals surface area contributed by atoms with Crippen molar-refractivity contribution < 1.29 is 27.9 Å². The van der Waals surface area contributed by atoms with Gasteiger partial charge in [-0.3, -0.25) is 9.59 Å². The first-order valence-corrected chi connectivity index (χ1v) is 24.0. The molecule has 6 nitrogen and oxygen atoms in total. The van der Waals surface area contributed by atoms with Crippen molar-refractivity contribution in [3.05, 3.63) is 23.8 Å².